The molecule has 0 aromatic carbocycles. The molecule has 20 heavy (non-hydrogen) atoms. The quantitative estimate of drug-likeness (QED) is 0.655. The summed E-state index contributed by atoms with van der Waals surface area (Å²) in [7, 11) is 1.83. The normalized spacial score (nSPS) is 24.8. The summed E-state index contributed by atoms with van der Waals surface area (Å²) < 4.78 is 7.24. The van der Waals surface area contributed by atoms with Crippen molar-refractivity contribution in [2.24, 2.45) is 7.05 Å². The van der Waals surface area contributed by atoms with Crippen LogP contribution in [0.25, 0.3) is 6.08 Å². The van der Waals surface area contributed by atoms with Crippen molar-refractivity contribution in [1.29, 1.82) is 0 Å². The number of ether oxygens (including phenoxy) is 1. The first-order valence-electron chi connectivity index (χ1n) is 6.58. The molecule has 1 N–H and O–H groups in total. The fourth-order valence-electron chi connectivity index (χ4n) is 2.41. The summed E-state index contributed by atoms with van der Waals surface area (Å²) in [5.74, 6) is -0.102. The molecular weight excluding hydrogens is 276 g/mol. The number of aromatic nitrogens is 2. The van der Waals surface area contributed by atoms with E-state index < -0.39 is 0 Å². The Labute approximate surface area is 122 Å². The molecule has 0 radical (unpaired) electrons. The first-order chi connectivity index (χ1) is 9.63. The van der Waals surface area contributed by atoms with Gasteiger partial charge in [-0.25, -0.2) is 0 Å². The molecule has 0 saturated carbocycles. The van der Waals surface area contributed by atoms with E-state index in [0.29, 0.717) is 17.4 Å². The Morgan fingerprint density at radius 2 is 2.50 bits per heavy atom. The highest BCUT2D eigenvalue weighted by Crippen LogP contribution is 2.18. The number of hydrogen-bond donors (Lipinski definition) is 1. The van der Waals surface area contributed by atoms with E-state index in [-0.39, 0.29) is 12.0 Å². The standard InChI is InChI=1S/C13H16N4O2S/c1-16-7-9(6-14-16)5-11-12(18)17(13(20)15-11)8-10-3-2-4-19-10/h5-7,10H,2-4,8H2,1H3,(H,15,20)/b11-5-. The van der Waals surface area contributed by atoms with Gasteiger partial charge in [-0.3, -0.25) is 14.4 Å². The second-order valence-corrected chi connectivity index (χ2v) is 5.37. The van der Waals surface area contributed by atoms with Crippen molar-refractivity contribution in [2.45, 2.75) is 18.9 Å². The second-order valence-electron chi connectivity index (χ2n) is 4.99. The highest BCUT2D eigenvalue weighted by Gasteiger charge is 2.33. The third-order valence-electron chi connectivity index (χ3n) is 3.41. The van der Waals surface area contributed by atoms with Crippen molar-refractivity contribution in [3.63, 3.8) is 0 Å². The maximum atomic E-state index is 12.3. The number of rotatable bonds is 3. The summed E-state index contributed by atoms with van der Waals surface area (Å²) in [4.78, 5) is 13.9. The molecule has 1 unspecified atom stereocenters. The average Bonchev–Trinajstić information content (AvgIpc) is 3.10. The second kappa shape index (κ2) is 5.34. The Kier molecular flexibility index (Phi) is 3.54. The molecule has 2 aliphatic rings. The predicted octanol–water partition coefficient (Wildman–Crippen LogP) is 0.657. The van der Waals surface area contributed by atoms with Crippen LogP contribution in [-0.2, 0) is 16.6 Å². The number of amides is 1. The lowest BCUT2D eigenvalue weighted by atomic mass is 10.2. The van der Waals surface area contributed by atoms with E-state index in [0.717, 1.165) is 25.0 Å². The number of hydrogen-bond acceptors (Lipinski definition) is 4. The maximum Gasteiger partial charge on any atom is 0.276 e. The molecule has 1 amide bonds. The van der Waals surface area contributed by atoms with Crippen LogP contribution in [0.2, 0.25) is 0 Å². The van der Waals surface area contributed by atoms with Crippen LogP contribution in [0.5, 0.6) is 0 Å². The van der Waals surface area contributed by atoms with E-state index in [9.17, 15) is 4.79 Å². The van der Waals surface area contributed by atoms with Crippen LogP contribution in [-0.4, -0.2) is 45.0 Å². The molecular formula is C13H16N4O2S. The SMILES string of the molecule is Cn1cc(/C=C2\NC(=S)N(CC3CCCO3)C2=O)cn1. The number of carbonyl (C=O) groups is 1. The molecule has 2 fully saturated rings. The van der Waals surface area contributed by atoms with Gasteiger partial charge >= 0.3 is 0 Å². The fourth-order valence-corrected chi connectivity index (χ4v) is 2.68. The smallest absolute Gasteiger partial charge is 0.276 e. The van der Waals surface area contributed by atoms with Gasteiger partial charge in [0.05, 0.1) is 18.8 Å². The summed E-state index contributed by atoms with van der Waals surface area (Å²) in [6.07, 6.45) is 7.43. The zero-order valence-electron chi connectivity index (χ0n) is 11.2. The van der Waals surface area contributed by atoms with Crippen molar-refractivity contribution in [3.8, 4) is 0 Å². The molecule has 0 aliphatic carbocycles. The van der Waals surface area contributed by atoms with E-state index in [1.807, 2.05) is 13.2 Å². The van der Waals surface area contributed by atoms with Crippen LogP contribution in [0, 0.1) is 0 Å². The minimum Gasteiger partial charge on any atom is -0.376 e. The Morgan fingerprint density at radius 1 is 1.65 bits per heavy atom. The summed E-state index contributed by atoms with van der Waals surface area (Å²) in [5, 5.41) is 7.48. The van der Waals surface area contributed by atoms with Crippen LogP contribution >= 0.6 is 12.2 Å². The van der Waals surface area contributed by atoms with Gasteiger partial charge in [0.15, 0.2) is 5.11 Å². The zero-order valence-corrected chi connectivity index (χ0v) is 12.0. The lowest BCUT2D eigenvalue weighted by Gasteiger charge is -2.18. The van der Waals surface area contributed by atoms with Crippen LogP contribution in [0.4, 0.5) is 0 Å². The van der Waals surface area contributed by atoms with Gasteiger partial charge in [-0.1, -0.05) is 0 Å². The highest BCUT2D eigenvalue weighted by atomic mass is 32.1. The number of thiocarbonyl (C=S) groups is 1. The third kappa shape index (κ3) is 2.59. The van der Waals surface area contributed by atoms with E-state index in [4.69, 9.17) is 17.0 Å². The lowest BCUT2D eigenvalue weighted by Crippen LogP contribution is -2.37. The summed E-state index contributed by atoms with van der Waals surface area (Å²) in [6, 6.07) is 0. The van der Waals surface area contributed by atoms with E-state index in [1.54, 1.807) is 21.9 Å². The van der Waals surface area contributed by atoms with Crippen molar-refractivity contribution in [3.05, 3.63) is 23.7 Å². The molecule has 1 aromatic heterocycles. The number of carbonyl (C=O) groups excluding carboxylic acids is 1. The molecule has 0 spiro atoms. The van der Waals surface area contributed by atoms with Crippen molar-refractivity contribution < 1.29 is 9.53 Å². The molecule has 2 saturated heterocycles. The van der Waals surface area contributed by atoms with E-state index in [1.165, 1.54) is 0 Å². The average molecular weight is 292 g/mol. The minimum absolute atomic E-state index is 0.0939. The molecule has 2 aliphatic heterocycles. The van der Waals surface area contributed by atoms with Gasteiger partial charge in [0.2, 0.25) is 0 Å². The molecule has 3 rings (SSSR count). The summed E-state index contributed by atoms with van der Waals surface area (Å²) in [5.41, 5.74) is 1.35. The van der Waals surface area contributed by atoms with Gasteiger partial charge in [-0.05, 0) is 31.1 Å². The number of aryl methyl sites for hydroxylation is 1. The van der Waals surface area contributed by atoms with Gasteiger partial charge in [0, 0.05) is 25.4 Å². The molecule has 106 valence electrons. The third-order valence-corrected chi connectivity index (χ3v) is 3.73. The first-order valence-corrected chi connectivity index (χ1v) is 6.99. The molecule has 1 aromatic rings. The highest BCUT2D eigenvalue weighted by molar-refractivity contribution is 7.80. The Balaban J connectivity index is 1.74. The van der Waals surface area contributed by atoms with Crippen LogP contribution in [0.1, 0.15) is 18.4 Å². The molecule has 6 nitrogen and oxygen atoms in total. The zero-order chi connectivity index (χ0) is 14.1. The first kappa shape index (κ1) is 13.3. The van der Waals surface area contributed by atoms with E-state index in [2.05, 4.69) is 10.4 Å². The fraction of sp³-hybridized carbons (Fsp3) is 0.462. The van der Waals surface area contributed by atoms with Gasteiger partial charge in [0.1, 0.15) is 5.70 Å². The van der Waals surface area contributed by atoms with Crippen LogP contribution < -0.4 is 5.32 Å². The van der Waals surface area contributed by atoms with Crippen molar-refractivity contribution in [1.82, 2.24) is 20.0 Å². The van der Waals surface area contributed by atoms with Crippen LogP contribution in [0.15, 0.2) is 18.1 Å². The van der Waals surface area contributed by atoms with Crippen molar-refractivity contribution in [2.75, 3.05) is 13.2 Å². The van der Waals surface area contributed by atoms with Crippen molar-refractivity contribution >= 4 is 29.3 Å². The topological polar surface area (TPSA) is 59.4 Å². The summed E-state index contributed by atoms with van der Waals surface area (Å²) >= 11 is 5.23. The predicted molar refractivity (Wildman–Crippen MR) is 77.6 cm³/mol. The monoisotopic (exact) mass is 292 g/mol. The molecule has 1 atom stereocenters. The number of nitrogens with one attached hydrogen (secondary N) is 1. The van der Waals surface area contributed by atoms with E-state index >= 15 is 0 Å². The van der Waals surface area contributed by atoms with Gasteiger partial charge < -0.3 is 10.1 Å². The van der Waals surface area contributed by atoms with Crippen LogP contribution in [0.3, 0.4) is 0 Å². The largest absolute Gasteiger partial charge is 0.376 e. The molecule has 3 heterocycles. The molecule has 0 bridgehead atoms. The molecule has 7 heteroatoms. The van der Waals surface area contributed by atoms with Gasteiger partial charge in [-0.15, -0.1) is 0 Å². The summed E-state index contributed by atoms with van der Waals surface area (Å²) in [6.45, 7) is 1.29. The van der Waals surface area contributed by atoms with Gasteiger partial charge in [-0.2, -0.15) is 5.10 Å². The Hall–Kier alpha value is -1.73. The minimum atomic E-state index is -0.102. The van der Waals surface area contributed by atoms with Gasteiger partial charge in [0.25, 0.3) is 5.91 Å². The lowest BCUT2D eigenvalue weighted by molar-refractivity contribution is -0.123. The maximum absolute atomic E-state index is 12.3. The number of nitrogens with zero attached hydrogens (tertiary/aromatic N) is 3. The Morgan fingerprint density at radius 3 is 3.15 bits per heavy atom. The Bertz CT molecular complexity index is 575.